The van der Waals surface area contributed by atoms with Crippen LogP contribution in [0.1, 0.15) is 15.9 Å². The van der Waals surface area contributed by atoms with E-state index >= 15 is 0 Å². The molecule has 0 spiro atoms. The molecular weight excluding hydrogens is 372 g/mol. The van der Waals surface area contributed by atoms with Crippen LogP contribution in [-0.2, 0) is 16.0 Å². The zero-order valence-electron chi connectivity index (χ0n) is 14.6. The van der Waals surface area contributed by atoms with Gasteiger partial charge in [0.25, 0.3) is 5.91 Å². The summed E-state index contributed by atoms with van der Waals surface area (Å²) >= 11 is 6.03. The van der Waals surface area contributed by atoms with E-state index in [1.807, 2.05) is 0 Å². The van der Waals surface area contributed by atoms with Crippen molar-refractivity contribution in [2.24, 2.45) is 0 Å². The van der Waals surface area contributed by atoms with Crippen molar-refractivity contribution in [1.82, 2.24) is 10.6 Å². The summed E-state index contributed by atoms with van der Waals surface area (Å²) in [7, 11) is 1.48. The summed E-state index contributed by atoms with van der Waals surface area (Å²) in [6.07, 6.45) is 0.0391. The Balaban J connectivity index is 1.93. The van der Waals surface area contributed by atoms with Crippen LogP contribution in [0.3, 0.4) is 0 Å². The summed E-state index contributed by atoms with van der Waals surface area (Å²) in [6.45, 7) is -0.332. The second-order valence-electron chi connectivity index (χ2n) is 5.68. The van der Waals surface area contributed by atoms with Gasteiger partial charge in [-0.25, -0.2) is 4.79 Å². The molecule has 2 amide bonds. The lowest BCUT2D eigenvalue weighted by Gasteiger charge is -2.15. The van der Waals surface area contributed by atoms with E-state index in [0.29, 0.717) is 21.9 Å². The van der Waals surface area contributed by atoms with E-state index in [-0.39, 0.29) is 13.0 Å². The molecule has 0 aromatic heterocycles. The Bertz CT molecular complexity index is 826. The van der Waals surface area contributed by atoms with E-state index < -0.39 is 23.8 Å². The summed E-state index contributed by atoms with van der Waals surface area (Å²) < 4.78 is 5.05. The largest absolute Gasteiger partial charge is 0.495 e. The van der Waals surface area contributed by atoms with Crippen LogP contribution in [0.15, 0.2) is 48.5 Å². The van der Waals surface area contributed by atoms with E-state index in [1.54, 1.807) is 48.5 Å². The molecule has 0 bridgehead atoms. The van der Waals surface area contributed by atoms with Crippen LogP contribution >= 0.6 is 11.6 Å². The van der Waals surface area contributed by atoms with Crippen molar-refractivity contribution in [2.45, 2.75) is 12.5 Å². The third-order valence-electron chi connectivity index (χ3n) is 3.73. The molecule has 0 aliphatic heterocycles. The minimum Gasteiger partial charge on any atom is -0.495 e. The van der Waals surface area contributed by atoms with Gasteiger partial charge in [-0.2, -0.15) is 0 Å². The number of hydrogen-bond acceptors (Lipinski definition) is 4. The molecule has 7 nitrogen and oxygen atoms in total. The van der Waals surface area contributed by atoms with Crippen LogP contribution < -0.4 is 15.4 Å². The lowest BCUT2D eigenvalue weighted by Crippen LogP contribution is -2.46. The van der Waals surface area contributed by atoms with E-state index in [4.69, 9.17) is 16.3 Å². The van der Waals surface area contributed by atoms with Crippen molar-refractivity contribution in [3.63, 3.8) is 0 Å². The van der Waals surface area contributed by atoms with Crippen molar-refractivity contribution >= 4 is 29.4 Å². The molecule has 0 fully saturated rings. The minimum absolute atomic E-state index is 0.0391. The Kier molecular flexibility index (Phi) is 7.19. The van der Waals surface area contributed by atoms with Gasteiger partial charge in [-0.1, -0.05) is 35.9 Å². The fourth-order valence-corrected chi connectivity index (χ4v) is 2.65. The lowest BCUT2D eigenvalue weighted by molar-refractivity contribution is -0.141. The van der Waals surface area contributed by atoms with E-state index in [2.05, 4.69) is 10.6 Å². The highest BCUT2D eigenvalue weighted by atomic mass is 35.5. The van der Waals surface area contributed by atoms with Gasteiger partial charge in [0, 0.05) is 12.0 Å². The van der Waals surface area contributed by atoms with E-state index in [1.165, 1.54) is 7.11 Å². The zero-order chi connectivity index (χ0) is 19.8. The fourth-order valence-electron chi connectivity index (χ4n) is 2.37. The third kappa shape index (κ3) is 6.00. The standard InChI is InChI=1S/C19H19ClN2O5/c1-27-16-8-7-12(9-14(16)20)10-15(19(25)26)22-17(23)11-21-18(24)13-5-3-2-4-6-13/h2-9,15H,10-11H2,1H3,(H,21,24)(H,22,23)(H,25,26)/t15-/m1/s1. The molecular formula is C19H19ClN2O5. The van der Waals surface area contributed by atoms with E-state index in [9.17, 15) is 19.5 Å². The number of nitrogens with one attached hydrogen (secondary N) is 2. The van der Waals surface area contributed by atoms with Crippen LogP contribution in [0.4, 0.5) is 0 Å². The second kappa shape index (κ2) is 9.59. The zero-order valence-corrected chi connectivity index (χ0v) is 15.3. The van der Waals surface area contributed by atoms with Crippen molar-refractivity contribution in [3.05, 3.63) is 64.7 Å². The molecule has 1 atom stereocenters. The Morgan fingerprint density at radius 2 is 1.85 bits per heavy atom. The number of amides is 2. The van der Waals surface area contributed by atoms with Gasteiger partial charge < -0.3 is 20.5 Å². The molecule has 0 unspecified atom stereocenters. The fraction of sp³-hybridized carbons (Fsp3) is 0.211. The Hall–Kier alpha value is -3.06. The molecule has 0 saturated heterocycles. The van der Waals surface area contributed by atoms with Gasteiger partial charge in [0.1, 0.15) is 11.8 Å². The average molecular weight is 391 g/mol. The van der Waals surface area contributed by atoms with Gasteiger partial charge in [0.15, 0.2) is 0 Å². The number of ether oxygens (including phenoxy) is 1. The number of methoxy groups -OCH3 is 1. The van der Waals surface area contributed by atoms with Crippen LogP contribution in [-0.4, -0.2) is 42.6 Å². The summed E-state index contributed by atoms with van der Waals surface area (Å²) in [5, 5.41) is 14.5. The monoisotopic (exact) mass is 390 g/mol. The van der Waals surface area contributed by atoms with Crippen molar-refractivity contribution < 1.29 is 24.2 Å². The number of carbonyl (C=O) groups excluding carboxylic acids is 2. The number of rotatable bonds is 8. The number of carbonyl (C=O) groups is 3. The Morgan fingerprint density at radius 1 is 1.15 bits per heavy atom. The highest BCUT2D eigenvalue weighted by molar-refractivity contribution is 6.32. The van der Waals surface area contributed by atoms with E-state index in [0.717, 1.165) is 0 Å². The normalized spacial score (nSPS) is 11.3. The first-order valence-electron chi connectivity index (χ1n) is 8.08. The van der Waals surface area contributed by atoms with Crippen molar-refractivity contribution in [2.75, 3.05) is 13.7 Å². The number of carboxylic acid groups (broad SMARTS) is 1. The summed E-state index contributed by atoms with van der Waals surface area (Å²) in [5.41, 5.74) is 1.04. The molecule has 2 aromatic carbocycles. The van der Waals surface area contributed by atoms with Crippen molar-refractivity contribution in [1.29, 1.82) is 0 Å². The Labute approximate surface area is 161 Å². The van der Waals surface area contributed by atoms with Crippen LogP contribution in [0.2, 0.25) is 5.02 Å². The number of aliphatic carboxylic acids is 1. The molecule has 142 valence electrons. The molecule has 0 radical (unpaired) electrons. The maximum absolute atomic E-state index is 12.0. The van der Waals surface area contributed by atoms with Gasteiger partial charge in [-0.15, -0.1) is 0 Å². The van der Waals surface area contributed by atoms with Gasteiger partial charge in [-0.3, -0.25) is 9.59 Å². The lowest BCUT2D eigenvalue weighted by atomic mass is 10.1. The molecule has 8 heteroatoms. The first-order valence-corrected chi connectivity index (χ1v) is 8.46. The summed E-state index contributed by atoms with van der Waals surface area (Å²) in [6, 6.07) is 12.1. The molecule has 27 heavy (non-hydrogen) atoms. The molecule has 2 aromatic rings. The first-order chi connectivity index (χ1) is 12.9. The molecule has 3 N–H and O–H groups in total. The molecule has 0 saturated carbocycles. The SMILES string of the molecule is COc1ccc(C[C@@H](NC(=O)CNC(=O)c2ccccc2)C(=O)O)cc1Cl. The van der Waals surface area contributed by atoms with Gasteiger partial charge in [-0.05, 0) is 29.8 Å². The van der Waals surface area contributed by atoms with Gasteiger partial charge in [0.2, 0.25) is 5.91 Å². The first kappa shape index (κ1) is 20.3. The molecule has 0 aliphatic carbocycles. The predicted octanol–water partition coefficient (Wildman–Crippen LogP) is 1.89. The minimum atomic E-state index is -1.19. The highest BCUT2D eigenvalue weighted by Crippen LogP contribution is 2.25. The number of benzene rings is 2. The molecule has 0 aliphatic rings. The summed E-state index contributed by atoms with van der Waals surface area (Å²) in [4.78, 5) is 35.4. The second-order valence-corrected chi connectivity index (χ2v) is 6.09. The van der Waals surface area contributed by atoms with Gasteiger partial charge in [0.05, 0.1) is 18.7 Å². The molecule has 2 rings (SSSR count). The maximum Gasteiger partial charge on any atom is 0.326 e. The molecule has 0 heterocycles. The van der Waals surface area contributed by atoms with Crippen LogP contribution in [0.5, 0.6) is 5.75 Å². The third-order valence-corrected chi connectivity index (χ3v) is 4.03. The summed E-state index contributed by atoms with van der Waals surface area (Å²) in [5.74, 6) is -1.74. The predicted molar refractivity (Wildman–Crippen MR) is 100 cm³/mol. The average Bonchev–Trinajstić information content (AvgIpc) is 2.66. The number of hydrogen-bond donors (Lipinski definition) is 3. The van der Waals surface area contributed by atoms with Crippen LogP contribution in [0, 0.1) is 0 Å². The number of carboxylic acids is 1. The Morgan fingerprint density at radius 3 is 2.44 bits per heavy atom. The van der Waals surface area contributed by atoms with Gasteiger partial charge >= 0.3 is 5.97 Å². The van der Waals surface area contributed by atoms with Crippen molar-refractivity contribution in [3.8, 4) is 5.75 Å². The number of halogens is 1. The smallest absolute Gasteiger partial charge is 0.326 e. The maximum atomic E-state index is 12.0. The topological polar surface area (TPSA) is 105 Å². The highest BCUT2D eigenvalue weighted by Gasteiger charge is 2.21. The van der Waals surface area contributed by atoms with Crippen LogP contribution in [0.25, 0.3) is 0 Å². The quantitative estimate of drug-likeness (QED) is 0.638.